The molecule has 6 nitrogen and oxygen atoms in total. The lowest BCUT2D eigenvalue weighted by Gasteiger charge is -2.26. The summed E-state index contributed by atoms with van der Waals surface area (Å²) in [6.45, 7) is 2.32. The van der Waals surface area contributed by atoms with Crippen LogP contribution in [0.5, 0.6) is 0 Å². The van der Waals surface area contributed by atoms with E-state index in [0.717, 1.165) is 27.6 Å². The Hall–Kier alpha value is -4.06. The number of H-pyrrole nitrogens is 1. The van der Waals surface area contributed by atoms with E-state index in [9.17, 15) is 14.7 Å². The molecular formula is C26H22N2O4. The van der Waals surface area contributed by atoms with Gasteiger partial charge in [0.2, 0.25) is 5.78 Å². The Labute approximate surface area is 184 Å². The Morgan fingerprint density at radius 2 is 1.88 bits per heavy atom. The lowest BCUT2D eigenvalue weighted by molar-refractivity contribution is -0.129. The number of nitrogens with zero attached hydrogens (tertiary/aromatic N) is 1. The second-order valence-electron chi connectivity index (χ2n) is 7.99. The highest BCUT2D eigenvalue weighted by atomic mass is 16.3. The van der Waals surface area contributed by atoms with E-state index in [1.54, 1.807) is 11.0 Å². The number of ketones is 1. The number of carbonyl (C=O) groups is 2. The lowest BCUT2D eigenvalue weighted by Crippen LogP contribution is -2.33. The van der Waals surface area contributed by atoms with E-state index in [0.29, 0.717) is 13.0 Å². The molecule has 1 atom stereocenters. The molecule has 0 bridgehead atoms. The van der Waals surface area contributed by atoms with Gasteiger partial charge in [-0.05, 0) is 42.7 Å². The Kier molecular flexibility index (Phi) is 4.90. The molecule has 2 N–H and O–H groups in total. The van der Waals surface area contributed by atoms with Gasteiger partial charge in [0.15, 0.2) is 11.5 Å². The van der Waals surface area contributed by atoms with E-state index in [4.69, 9.17) is 4.42 Å². The van der Waals surface area contributed by atoms with Crippen molar-refractivity contribution in [3.8, 4) is 0 Å². The zero-order chi connectivity index (χ0) is 22.2. The molecule has 2 aromatic carbocycles. The molecule has 0 saturated carbocycles. The Balaban J connectivity index is 1.51. The fourth-order valence-corrected chi connectivity index (χ4v) is 4.33. The summed E-state index contributed by atoms with van der Waals surface area (Å²) in [5.74, 6) is -1.46. The van der Waals surface area contributed by atoms with Crippen LogP contribution in [0.2, 0.25) is 0 Å². The maximum absolute atomic E-state index is 13.2. The smallest absolute Gasteiger partial charge is 0.290 e. The highest BCUT2D eigenvalue weighted by Gasteiger charge is 2.44. The van der Waals surface area contributed by atoms with Crippen LogP contribution in [0, 0.1) is 6.92 Å². The van der Waals surface area contributed by atoms with Crippen LogP contribution in [0.1, 0.15) is 33.3 Å². The van der Waals surface area contributed by atoms with Gasteiger partial charge >= 0.3 is 0 Å². The first kappa shape index (κ1) is 19.9. The predicted molar refractivity (Wildman–Crippen MR) is 120 cm³/mol. The molecule has 0 spiro atoms. The van der Waals surface area contributed by atoms with Crippen LogP contribution in [-0.2, 0) is 11.2 Å². The van der Waals surface area contributed by atoms with Crippen molar-refractivity contribution in [3.63, 3.8) is 0 Å². The first-order chi connectivity index (χ1) is 15.5. The number of nitrogens with one attached hydrogen (secondary N) is 1. The van der Waals surface area contributed by atoms with Gasteiger partial charge in [-0.2, -0.15) is 0 Å². The van der Waals surface area contributed by atoms with Gasteiger partial charge in [-0.3, -0.25) is 9.59 Å². The number of amides is 1. The van der Waals surface area contributed by atoms with E-state index >= 15 is 0 Å². The number of benzene rings is 2. The van der Waals surface area contributed by atoms with Gasteiger partial charge in [-0.1, -0.05) is 48.0 Å². The third-order valence-electron chi connectivity index (χ3n) is 5.98. The van der Waals surface area contributed by atoms with Crippen molar-refractivity contribution >= 4 is 22.6 Å². The third kappa shape index (κ3) is 3.30. The minimum absolute atomic E-state index is 0.0488. The first-order valence-electron chi connectivity index (χ1n) is 10.5. The van der Waals surface area contributed by atoms with Crippen molar-refractivity contribution in [1.29, 1.82) is 0 Å². The van der Waals surface area contributed by atoms with Gasteiger partial charge in [-0.15, -0.1) is 0 Å². The quantitative estimate of drug-likeness (QED) is 0.430. The fraction of sp³-hybridized carbons (Fsp3) is 0.154. The lowest BCUT2D eigenvalue weighted by atomic mass is 9.94. The fourth-order valence-electron chi connectivity index (χ4n) is 4.33. The number of carbonyl (C=O) groups excluding carboxylic acids is 2. The number of para-hydroxylation sites is 1. The summed E-state index contributed by atoms with van der Waals surface area (Å²) in [7, 11) is 0. The van der Waals surface area contributed by atoms with Gasteiger partial charge in [0.05, 0.1) is 17.9 Å². The van der Waals surface area contributed by atoms with E-state index in [2.05, 4.69) is 4.98 Å². The molecule has 4 aromatic rings. The molecule has 2 aromatic heterocycles. The van der Waals surface area contributed by atoms with Crippen molar-refractivity contribution in [2.24, 2.45) is 0 Å². The van der Waals surface area contributed by atoms with E-state index in [-0.39, 0.29) is 11.3 Å². The number of aromatic nitrogens is 1. The molecular weight excluding hydrogens is 404 g/mol. The monoisotopic (exact) mass is 426 g/mol. The second-order valence-corrected chi connectivity index (χ2v) is 7.99. The van der Waals surface area contributed by atoms with Gasteiger partial charge < -0.3 is 19.4 Å². The van der Waals surface area contributed by atoms with Crippen molar-refractivity contribution in [2.75, 3.05) is 6.54 Å². The molecule has 1 aliphatic heterocycles. The van der Waals surface area contributed by atoms with Crippen molar-refractivity contribution in [1.82, 2.24) is 9.88 Å². The number of hydrogen-bond donors (Lipinski definition) is 2. The topological polar surface area (TPSA) is 86.5 Å². The summed E-state index contributed by atoms with van der Waals surface area (Å²) in [5.41, 5.74) is 3.98. The zero-order valence-electron chi connectivity index (χ0n) is 17.5. The largest absolute Gasteiger partial charge is 0.503 e. The summed E-state index contributed by atoms with van der Waals surface area (Å²) in [4.78, 5) is 31.1. The van der Waals surface area contributed by atoms with E-state index < -0.39 is 23.5 Å². The summed E-state index contributed by atoms with van der Waals surface area (Å²) >= 11 is 0. The van der Waals surface area contributed by atoms with Crippen LogP contribution in [-0.4, -0.2) is 33.2 Å². The second kappa shape index (κ2) is 7.89. The molecule has 1 amide bonds. The molecule has 160 valence electrons. The van der Waals surface area contributed by atoms with Crippen molar-refractivity contribution in [2.45, 2.75) is 19.4 Å². The number of furan rings is 1. The number of aryl methyl sites for hydroxylation is 1. The molecule has 0 aliphatic carbocycles. The third-order valence-corrected chi connectivity index (χ3v) is 5.98. The van der Waals surface area contributed by atoms with E-state index in [1.807, 2.05) is 61.7 Å². The van der Waals surface area contributed by atoms with Crippen LogP contribution in [0.4, 0.5) is 0 Å². The van der Waals surface area contributed by atoms with Crippen LogP contribution in [0.3, 0.4) is 0 Å². The first-order valence-corrected chi connectivity index (χ1v) is 10.5. The molecule has 0 fully saturated rings. The molecule has 6 heteroatoms. The number of Topliss-reactive ketones (excluding diaryl/α,β-unsaturated/α-hetero) is 1. The maximum atomic E-state index is 13.2. The summed E-state index contributed by atoms with van der Waals surface area (Å²) in [6.07, 6.45) is 3.92. The standard InChI is InChI=1S/C26H22N2O4/c1-16-8-10-17(11-9-16)23-22(24(29)21-7-4-14-32-21)25(30)26(31)28(23)13-12-18-15-27-20-6-3-2-5-19(18)20/h2-11,14-15,23,27,30H,12-13H2,1H3. The van der Waals surface area contributed by atoms with Gasteiger partial charge in [0, 0.05) is 23.6 Å². The number of hydrogen-bond acceptors (Lipinski definition) is 4. The molecule has 3 heterocycles. The number of fused-ring (bicyclic) bond motifs is 1. The Morgan fingerprint density at radius 1 is 1.09 bits per heavy atom. The van der Waals surface area contributed by atoms with Crippen LogP contribution in [0.25, 0.3) is 10.9 Å². The van der Waals surface area contributed by atoms with Gasteiger partial charge in [-0.25, -0.2) is 0 Å². The number of aromatic amines is 1. The van der Waals surface area contributed by atoms with Gasteiger partial charge in [0.25, 0.3) is 5.91 Å². The van der Waals surface area contributed by atoms with Gasteiger partial charge in [0.1, 0.15) is 0 Å². The molecule has 1 aliphatic rings. The molecule has 5 rings (SSSR count). The maximum Gasteiger partial charge on any atom is 0.290 e. The van der Waals surface area contributed by atoms with Crippen LogP contribution < -0.4 is 0 Å². The van der Waals surface area contributed by atoms with Crippen molar-refractivity contribution in [3.05, 3.63) is 107 Å². The summed E-state index contributed by atoms with van der Waals surface area (Å²) < 4.78 is 5.27. The average molecular weight is 426 g/mol. The number of aliphatic hydroxyl groups excluding tert-OH is 1. The van der Waals surface area contributed by atoms with Crippen molar-refractivity contribution < 1.29 is 19.1 Å². The zero-order valence-corrected chi connectivity index (χ0v) is 17.5. The number of aliphatic hydroxyl groups is 1. The SMILES string of the molecule is Cc1ccc(C2C(C(=O)c3ccco3)=C(O)C(=O)N2CCc2c[nH]c3ccccc23)cc1. The molecule has 0 saturated heterocycles. The Bertz CT molecular complexity index is 1330. The molecule has 1 unspecified atom stereocenters. The minimum Gasteiger partial charge on any atom is -0.503 e. The molecule has 32 heavy (non-hydrogen) atoms. The highest BCUT2D eigenvalue weighted by molar-refractivity contribution is 6.15. The Morgan fingerprint density at radius 3 is 2.62 bits per heavy atom. The number of rotatable bonds is 6. The average Bonchev–Trinajstić information content (AvgIpc) is 3.53. The summed E-state index contributed by atoms with van der Waals surface area (Å²) in [6, 6.07) is 18.1. The van der Waals surface area contributed by atoms with E-state index in [1.165, 1.54) is 12.3 Å². The normalized spacial score (nSPS) is 16.3. The minimum atomic E-state index is -0.689. The summed E-state index contributed by atoms with van der Waals surface area (Å²) in [5, 5.41) is 11.8. The van der Waals surface area contributed by atoms with Crippen LogP contribution >= 0.6 is 0 Å². The predicted octanol–water partition coefficient (Wildman–Crippen LogP) is 4.89. The molecule has 0 radical (unpaired) electrons. The van der Waals surface area contributed by atoms with Crippen LogP contribution in [0.15, 0.2) is 88.9 Å². The highest BCUT2D eigenvalue weighted by Crippen LogP contribution is 2.39.